The van der Waals surface area contributed by atoms with E-state index in [9.17, 15) is 9.59 Å². The fraction of sp³-hybridized carbons (Fsp3) is 0.400. The highest BCUT2D eigenvalue weighted by Gasteiger charge is 2.14. The number of carbonyl (C=O) groups excluding carboxylic acids is 2. The molecule has 0 bridgehead atoms. The molecule has 0 radical (unpaired) electrons. The zero-order valence-corrected chi connectivity index (χ0v) is 15.1. The Hall–Kier alpha value is -2.56. The van der Waals surface area contributed by atoms with E-state index in [4.69, 9.17) is 9.47 Å². The second kappa shape index (κ2) is 9.06. The number of esters is 2. The first-order valence-corrected chi connectivity index (χ1v) is 8.56. The first-order valence-electron chi connectivity index (χ1n) is 8.56. The van der Waals surface area contributed by atoms with Crippen molar-refractivity contribution >= 4 is 28.9 Å². The Balaban J connectivity index is 2.28. The minimum Gasteiger partial charge on any atom is -0.469 e. The van der Waals surface area contributed by atoms with Gasteiger partial charge in [0.05, 0.1) is 13.7 Å². The maximum Gasteiger partial charge on any atom is 0.330 e. The first kappa shape index (κ1) is 18.8. The van der Waals surface area contributed by atoms with Gasteiger partial charge in [-0.05, 0) is 30.5 Å². The second-order valence-corrected chi connectivity index (χ2v) is 5.87. The average Bonchev–Trinajstić information content (AvgIpc) is 2.90. The molecule has 0 saturated heterocycles. The molecule has 1 heterocycles. The first-order chi connectivity index (χ1) is 12.1. The predicted molar refractivity (Wildman–Crippen MR) is 98.2 cm³/mol. The Bertz CT molecular complexity index is 773. The van der Waals surface area contributed by atoms with Crippen LogP contribution in [0.5, 0.6) is 0 Å². The number of para-hydroxylation sites is 1. The van der Waals surface area contributed by atoms with Crippen LogP contribution in [-0.2, 0) is 32.5 Å². The van der Waals surface area contributed by atoms with E-state index in [1.165, 1.54) is 13.2 Å². The molecular formula is C20H25NO4. The molecule has 1 aromatic carbocycles. The molecule has 5 heteroatoms. The van der Waals surface area contributed by atoms with Gasteiger partial charge in [-0.15, -0.1) is 0 Å². The van der Waals surface area contributed by atoms with Crippen molar-refractivity contribution in [1.29, 1.82) is 0 Å². The van der Waals surface area contributed by atoms with Crippen LogP contribution in [0.15, 0.2) is 30.3 Å². The zero-order chi connectivity index (χ0) is 18.2. The molecule has 134 valence electrons. The lowest BCUT2D eigenvalue weighted by molar-refractivity contribution is -0.140. The minimum absolute atomic E-state index is 0.248. The number of hydrogen-bond donors (Lipinski definition) is 0. The molecule has 1 aromatic heterocycles. The Morgan fingerprint density at radius 2 is 2.00 bits per heavy atom. The van der Waals surface area contributed by atoms with Crippen LogP contribution in [-0.4, -0.2) is 30.2 Å². The normalized spacial score (nSPS) is 11.2. The van der Waals surface area contributed by atoms with Gasteiger partial charge in [-0.25, -0.2) is 4.79 Å². The third kappa shape index (κ3) is 4.72. The van der Waals surface area contributed by atoms with Gasteiger partial charge in [0.1, 0.15) is 0 Å². The van der Waals surface area contributed by atoms with Gasteiger partial charge in [-0.2, -0.15) is 0 Å². The molecule has 0 unspecified atom stereocenters. The number of methoxy groups -OCH3 is 1. The molecule has 2 aromatic rings. The predicted octanol–water partition coefficient (Wildman–Crippen LogP) is 3.64. The van der Waals surface area contributed by atoms with Crippen LogP contribution in [0.3, 0.4) is 0 Å². The summed E-state index contributed by atoms with van der Waals surface area (Å²) in [6.45, 7) is 2.48. The van der Waals surface area contributed by atoms with E-state index in [0.717, 1.165) is 35.0 Å². The summed E-state index contributed by atoms with van der Waals surface area (Å²) < 4.78 is 11.9. The largest absolute Gasteiger partial charge is 0.469 e. The van der Waals surface area contributed by atoms with Gasteiger partial charge >= 0.3 is 11.9 Å². The molecule has 0 fully saturated rings. The van der Waals surface area contributed by atoms with Crippen molar-refractivity contribution < 1.29 is 19.1 Å². The number of ether oxygens (including phenoxy) is 2. The molecule has 0 N–H and O–H groups in total. The lowest BCUT2D eigenvalue weighted by Crippen LogP contribution is -2.04. The van der Waals surface area contributed by atoms with Gasteiger partial charge in [0.2, 0.25) is 0 Å². The summed E-state index contributed by atoms with van der Waals surface area (Å²) in [7, 11) is 3.34. The third-order valence-electron chi connectivity index (χ3n) is 4.19. The Morgan fingerprint density at radius 3 is 2.72 bits per heavy atom. The van der Waals surface area contributed by atoms with Crippen LogP contribution >= 0.6 is 0 Å². The van der Waals surface area contributed by atoms with Gasteiger partial charge in [0.25, 0.3) is 0 Å². The van der Waals surface area contributed by atoms with Crippen LogP contribution < -0.4 is 0 Å². The fourth-order valence-corrected chi connectivity index (χ4v) is 2.81. The fourth-order valence-electron chi connectivity index (χ4n) is 2.81. The van der Waals surface area contributed by atoms with Crippen LogP contribution in [0.2, 0.25) is 0 Å². The maximum absolute atomic E-state index is 11.8. The summed E-state index contributed by atoms with van der Waals surface area (Å²) in [6, 6.07) is 7.99. The smallest absolute Gasteiger partial charge is 0.330 e. The van der Waals surface area contributed by atoms with Gasteiger partial charge in [0, 0.05) is 36.1 Å². The Labute approximate surface area is 148 Å². The minimum atomic E-state index is -0.349. The average molecular weight is 343 g/mol. The molecule has 0 aliphatic rings. The van der Waals surface area contributed by atoms with Gasteiger partial charge in [-0.3, -0.25) is 4.79 Å². The quantitative estimate of drug-likeness (QED) is 0.417. The van der Waals surface area contributed by atoms with Gasteiger partial charge < -0.3 is 14.0 Å². The van der Waals surface area contributed by atoms with E-state index in [1.54, 1.807) is 6.08 Å². The summed E-state index contributed by atoms with van der Waals surface area (Å²) in [5, 5.41) is 1.08. The SMILES string of the molecule is CCCCOC(=O)/C=C/c1c(CCC(=O)OC)c2ccccc2n1C. The molecule has 0 spiro atoms. The molecule has 0 aliphatic heterocycles. The van der Waals surface area contributed by atoms with Crippen LogP contribution in [0.1, 0.15) is 37.4 Å². The lowest BCUT2D eigenvalue weighted by atomic mass is 10.1. The number of unbranched alkanes of at least 4 members (excludes halogenated alkanes) is 1. The third-order valence-corrected chi connectivity index (χ3v) is 4.19. The highest BCUT2D eigenvalue weighted by molar-refractivity contribution is 5.92. The number of hydrogen-bond acceptors (Lipinski definition) is 4. The number of carbonyl (C=O) groups is 2. The van der Waals surface area contributed by atoms with Crippen LogP contribution in [0.4, 0.5) is 0 Å². The van der Waals surface area contributed by atoms with Gasteiger partial charge in [0.15, 0.2) is 0 Å². The van der Waals surface area contributed by atoms with Crippen molar-refractivity contribution in [2.24, 2.45) is 7.05 Å². The zero-order valence-electron chi connectivity index (χ0n) is 15.1. The molecule has 2 rings (SSSR count). The van der Waals surface area contributed by atoms with Crippen LogP contribution in [0.25, 0.3) is 17.0 Å². The van der Waals surface area contributed by atoms with Crippen molar-refractivity contribution in [3.8, 4) is 0 Å². The number of aromatic nitrogens is 1. The van der Waals surface area contributed by atoms with Crippen molar-refractivity contribution in [2.45, 2.75) is 32.6 Å². The van der Waals surface area contributed by atoms with Gasteiger partial charge in [-0.1, -0.05) is 31.5 Å². The highest BCUT2D eigenvalue weighted by Crippen LogP contribution is 2.27. The van der Waals surface area contributed by atoms with Crippen molar-refractivity contribution in [3.05, 3.63) is 41.6 Å². The molecule has 0 aliphatic carbocycles. The number of benzene rings is 1. The summed E-state index contributed by atoms with van der Waals surface area (Å²) in [5.74, 6) is -0.598. The summed E-state index contributed by atoms with van der Waals surface area (Å²) >= 11 is 0. The van der Waals surface area contributed by atoms with E-state index in [1.807, 2.05) is 42.8 Å². The molecule has 0 saturated carbocycles. The van der Waals surface area contributed by atoms with Crippen molar-refractivity contribution in [2.75, 3.05) is 13.7 Å². The van der Waals surface area contributed by atoms with E-state index in [0.29, 0.717) is 19.4 Å². The Morgan fingerprint density at radius 1 is 1.24 bits per heavy atom. The maximum atomic E-state index is 11.8. The summed E-state index contributed by atoms with van der Waals surface area (Å²) in [6.07, 6.45) is 5.91. The van der Waals surface area contributed by atoms with E-state index in [2.05, 4.69) is 0 Å². The number of nitrogens with zero attached hydrogens (tertiary/aromatic N) is 1. The van der Waals surface area contributed by atoms with E-state index >= 15 is 0 Å². The van der Waals surface area contributed by atoms with E-state index < -0.39 is 0 Å². The van der Waals surface area contributed by atoms with Crippen molar-refractivity contribution in [3.63, 3.8) is 0 Å². The summed E-state index contributed by atoms with van der Waals surface area (Å²) in [4.78, 5) is 23.4. The second-order valence-electron chi connectivity index (χ2n) is 5.87. The number of rotatable bonds is 8. The van der Waals surface area contributed by atoms with Crippen LogP contribution in [0, 0.1) is 0 Å². The standard InChI is InChI=1S/C20H25NO4/c1-4-5-14-25-20(23)13-11-18-16(10-12-19(22)24-3)15-8-6-7-9-17(15)21(18)2/h6-9,11,13H,4-5,10,12,14H2,1-3H3/b13-11+. The summed E-state index contributed by atoms with van der Waals surface area (Å²) in [5.41, 5.74) is 2.99. The topological polar surface area (TPSA) is 57.5 Å². The molecule has 0 amide bonds. The Kier molecular flexibility index (Phi) is 6.81. The molecular weight excluding hydrogens is 318 g/mol. The van der Waals surface area contributed by atoms with Crippen molar-refractivity contribution in [1.82, 2.24) is 4.57 Å². The molecule has 25 heavy (non-hydrogen) atoms. The van der Waals surface area contributed by atoms with E-state index in [-0.39, 0.29) is 11.9 Å². The molecule has 0 atom stereocenters. The number of fused-ring (bicyclic) bond motifs is 1. The molecule has 5 nitrogen and oxygen atoms in total. The number of aryl methyl sites for hydroxylation is 2. The lowest BCUT2D eigenvalue weighted by Gasteiger charge is -2.04. The monoisotopic (exact) mass is 343 g/mol. The highest BCUT2D eigenvalue weighted by atomic mass is 16.5.